The van der Waals surface area contributed by atoms with Crippen LogP contribution in [0.15, 0.2) is 35.5 Å². The van der Waals surface area contributed by atoms with Gasteiger partial charge in [0.15, 0.2) is 0 Å². The summed E-state index contributed by atoms with van der Waals surface area (Å²) in [5, 5.41) is 0.931. The third-order valence-corrected chi connectivity index (χ3v) is 3.91. The van der Waals surface area contributed by atoms with Crippen LogP contribution in [0.2, 0.25) is 5.02 Å². The van der Waals surface area contributed by atoms with Gasteiger partial charge in [0.1, 0.15) is 0 Å². The van der Waals surface area contributed by atoms with Crippen molar-refractivity contribution in [2.24, 2.45) is 5.73 Å². The van der Waals surface area contributed by atoms with Crippen LogP contribution in [0.1, 0.15) is 5.48 Å². The average Bonchev–Trinajstić information content (AvgIpc) is 2.36. The van der Waals surface area contributed by atoms with Crippen LogP contribution < -0.4 is 10.5 Å². The van der Waals surface area contributed by atoms with Gasteiger partial charge in [0.25, 0.3) is 0 Å². The van der Waals surface area contributed by atoms with Gasteiger partial charge in [-0.05, 0) is 18.2 Å². The molecule has 1 aromatic carbocycles. The maximum Gasteiger partial charge on any atom is 0.241 e. The number of nitrogens with one attached hydrogen (secondary N) is 1. The Bertz CT molecular complexity index is 824. The van der Waals surface area contributed by atoms with E-state index in [4.69, 9.17) is 22.8 Å². The van der Waals surface area contributed by atoms with E-state index in [0.717, 1.165) is 0 Å². The molecule has 0 bridgehead atoms. The Kier molecular flexibility index (Phi) is 2.54. The summed E-state index contributed by atoms with van der Waals surface area (Å²) in [5.41, 5.74) is 5.03. The van der Waals surface area contributed by atoms with Crippen molar-refractivity contribution in [1.82, 2.24) is 9.71 Å². The van der Waals surface area contributed by atoms with Gasteiger partial charge in [0.2, 0.25) is 10.0 Å². The highest BCUT2D eigenvalue weighted by molar-refractivity contribution is 7.89. The van der Waals surface area contributed by atoms with Gasteiger partial charge < -0.3 is 5.73 Å². The number of hydrogen-bond acceptors (Lipinski definition) is 4. The Labute approximate surface area is 116 Å². The number of benzene rings is 1. The van der Waals surface area contributed by atoms with Gasteiger partial charge in [-0.3, -0.25) is 4.98 Å². The number of nitrogens with zero attached hydrogens (tertiary/aromatic N) is 1. The molecule has 0 saturated heterocycles. The van der Waals surface area contributed by atoms with Gasteiger partial charge in [0.05, 0.1) is 4.90 Å². The molecule has 96 valence electrons. The van der Waals surface area contributed by atoms with E-state index in [1.807, 2.05) is 0 Å². The first-order valence-electron chi connectivity index (χ1n) is 6.81. The fourth-order valence-electron chi connectivity index (χ4n) is 1.51. The molecule has 0 radical (unpaired) electrons. The molecule has 0 unspecified atom stereocenters. The summed E-state index contributed by atoms with van der Waals surface area (Å²) < 4.78 is 55.7. The molecule has 0 fully saturated rings. The number of aromatic nitrogens is 1. The first-order valence-corrected chi connectivity index (χ1v) is 6.67. The third-order valence-electron chi connectivity index (χ3n) is 2.27. The Hall–Kier alpha value is -1.21. The molecule has 2 aromatic rings. The van der Waals surface area contributed by atoms with Crippen LogP contribution in [0.5, 0.6) is 0 Å². The van der Waals surface area contributed by atoms with E-state index in [1.165, 1.54) is 30.6 Å². The van der Waals surface area contributed by atoms with Crippen LogP contribution in [0.3, 0.4) is 0 Å². The lowest BCUT2D eigenvalue weighted by Crippen LogP contribution is -2.29. The SMILES string of the molecule is [2H]C([2H])(N)C([2H])([2H])NS(=O)(=O)c1ccc(Cl)c2ccncc12. The second kappa shape index (κ2) is 5.19. The number of rotatable bonds is 4. The number of nitrogens with two attached hydrogens (primary N) is 1. The second-order valence-corrected chi connectivity index (χ2v) is 5.40. The molecule has 7 heteroatoms. The number of sulfonamides is 1. The van der Waals surface area contributed by atoms with Crippen LogP contribution in [0.25, 0.3) is 10.8 Å². The summed E-state index contributed by atoms with van der Waals surface area (Å²) in [6, 6.07) is 4.06. The fraction of sp³-hybridized carbons (Fsp3) is 0.182. The first-order chi connectivity index (χ1) is 9.96. The Morgan fingerprint density at radius 3 is 2.89 bits per heavy atom. The van der Waals surface area contributed by atoms with Gasteiger partial charge in [-0.25, -0.2) is 13.1 Å². The second-order valence-electron chi connectivity index (χ2n) is 3.34. The highest BCUT2D eigenvalue weighted by atomic mass is 35.5. The van der Waals surface area contributed by atoms with Crippen LogP contribution >= 0.6 is 11.6 Å². The molecule has 0 amide bonds. The minimum absolute atomic E-state index is 0.191. The lowest BCUT2D eigenvalue weighted by molar-refractivity contribution is 0.583. The predicted octanol–water partition coefficient (Wildman–Crippen LogP) is 1.13. The maximum absolute atomic E-state index is 12.4. The molecule has 0 saturated carbocycles. The van der Waals surface area contributed by atoms with Crippen molar-refractivity contribution in [3.8, 4) is 0 Å². The van der Waals surface area contributed by atoms with Crippen molar-refractivity contribution in [3.63, 3.8) is 0 Å². The molecule has 1 heterocycles. The van der Waals surface area contributed by atoms with Crippen molar-refractivity contribution >= 4 is 32.4 Å². The van der Waals surface area contributed by atoms with E-state index >= 15 is 0 Å². The minimum atomic E-state index is -4.39. The lowest BCUT2D eigenvalue weighted by atomic mass is 10.2. The van der Waals surface area contributed by atoms with Crippen LogP contribution in [0, 0.1) is 0 Å². The smallest absolute Gasteiger partial charge is 0.241 e. The molecule has 0 aliphatic heterocycles. The summed E-state index contributed by atoms with van der Waals surface area (Å²) in [4.78, 5) is 3.56. The van der Waals surface area contributed by atoms with E-state index in [0.29, 0.717) is 10.4 Å². The Morgan fingerprint density at radius 1 is 1.39 bits per heavy atom. The van der Waals surface area contributed by atoms with E-state index in [1.54, 1.807) is 4.72 Å². The van der Waals surface area contributed by atoms with Crippen LogP contribution in [0.4, 0.5) is 0 Å². The lowest BCUT2D eigenvalue weighted by Gasteiger charge is -2.09. The number of halogens is 1. The summed E-state index contributed by atoms with van der Waals surface area (Å²) >= 11 is 5.99. The van der Waals surface area contributed by atoms with Crippen molar-refractivity contribution in [2.45, 2.75) is 4.90 Å². The Balaban J connectivity index is 2.59. The van der Waals surface area contributed by atoms with Crippen molar-refractivity contribution < 1.29 is 13.9 Å². The predicted molar refractivity (Wildman–Crippen MR) is 71.0 cm³/mol. The normalized spacial score (nSPS) is 16.8. The van der Waals surface area contributed by atoms with E-state index in [2.05, 4.69) is 4.98 Å². The van der Waals surface area contributed by atoms with Crippen LogP contribution in [-0.4, -0.2) is 26.4 Å². The molecular weight excluding hydrogens is 274 g/mol. The fourth-order valence-corrected chi connectivity index (χ4v) is 2.74. The summed E-state index contributed by atoms with van der Waals surface area (Å²) in [6.07, 6.45) is 2.72. The molecule has 0 aliphatic rings. The van der Waals surface area contributed by atoms with E-state index in [-0.39, 0.29) is 10.3 Å². The zero-order chi connectivity index (χ0) is 16.8. The maximum atomic E-state index is 12.4. The van der Waals surface area contributed by atoms with Gasteiger partial charge >= 0.3 is 0 Å². The molecule has 0 atom stereocenters. The first kappa shape index (κ1) is 8.82. The minimum Gasteiger partial charge on any atom is -0.329 e. The Morgan fingerprint density at radius 2 is 2.17 bits per heavy atom. The molecule has 0 aliphatic carbocycles. The molecule has 2 rings (SSSR count). The molecule has 18 heavy (non-hydrogen) atoms. The highest BCUT2D eigenvalue weighted by Crippen LogP contribution is 2.28. The van der Waals surface area contributed by atoms with Gasteiger partial charge in [0, 0.05) is 46.7 Å². The molecular formula is C11H12ClN3O2S. The molecule has 0 spiro atoms. The highest BCUT2D eigenvalue weighted by Gasteiger charge is 2.17. The van der Waals surface area contributed by atoms with Crippen molar-refractivity contribution in [1.29, 1.82) is 0 Å². The molecule has 3 N–H and O–H groups in total. The standard InChI is InChI=1S/C11H12ClN3O2S/c12-10-1-2-11(18(16,17)15-6-4-13)9-7-14-5-3-8(9)10/h1-3,5,7,15H,4,6,13H2/i4D2,6D2. The van der Waals surface area contributed by atoms with Crippen LogP contribution in [-0.2, 0) is 10.0 Å². The third kappa shape index (κ3) is 2.46. The van der Waals surface area contributed by atoms with E-state index < -0.39 is 23.0 Å². The summed E-state index contributed by atoms with van der Waals surface area (Å²) in [5.74, 6) is 0. The monoisotopic (exact) mass is 289 g/mol. The largest absolute Gasteiger partial charge is 0.329 e. The van der Waals surface area contributed by atoms with Gasteiger partial charge in [-0.1, -0.05) is 11.6 Å². The average molecular weight is 290 g/mol. The zero-order valence-electron chi connectivity index (χ0n) is 13.0. The molecule has 5 nitrogen and oxygen atoms in total. The van der Waals surface area contributed by atoms with Crippen molar-refractivity contribution in [2.75, 3.05) is 13.0 Å². The van der Waals surface area contributed by atoms with E-state index in [9.17, 15) is 8.42 Å². The molecule has 1 aromatic heterocycles. The quantitative estimate of drug-likeness (QED) is 0.883. The summed E-state index contributed by atoms with van der Waals surface area (Å²) in [7, 11) is -4.39. The topological polar surface area (TPSA) is 85.1 Å². The number of pyridine rings is 1. The summed E-state index contributed by atoms with van der Waals surface area (Å²) in [6.45, 7) is -5.90. The number of hydrogen-bond donors (Lipinski definition) is 2. The zero-order valence-corrected chi connectivity index (χ0v) is 10.6. The van der Waals surface area contributed by atoms with Crippen molar-refractivity contribution in [3.05, 3.63) is 35.6 Å². The van der Waals surface area contributed by atoms with Gasteiger partial charge in [-0.15, -0.1) is 0 Å². The van der Waals surface area contributed by atoms with Gasteiger partial charge in [-0.2, -0.15) is 0 Å². The number of fused-ring (bicyclic) bond motifs is 1.